The van der Waals surface area contributed by atoms with Crippen molar-refractivity contribution in [1.82, 2.24) is 9.80 Å². The Morgan fingerprint density at radius 1 is 1.11 bits per heavy atom. The Morgan fingerprint density at radius 3 is 2.26 bits per heavy atom. The van der Waals surface area contributed by atoms with Crippen molar-refractivity contribution >= 4 is 0 Å². The first kappa shape index (κ1) is 15.2. The zero-order chi connectivity index (χ0) is 13.9. The Labute approximate surface area is 117 Å². The molecule has 2 saturated heterocycles. The number of hydrogen-bond acceptors (Lipinski definition) is 5. The lowest BCUT2D eigenvalue weighted by atomic mass is 9.89. The van der Waals surface area contributed by atoms with Gasteiger partial charge < -0.3 is 20.1 Å². The normalized spacial score (nSPS) is 38.5. The lowest BCUT2D eigenvalue weighted by Gasteiger charge is -2.40. The zero-order valence-corrected chi connectivity index (χ0v) is 12.6. The first-order chi connectivity index (χ1) is 9.15. The van der Waals surface area contributed by atoms with Crippen LogP contribution in [0.3, 0.4) is 0 Å². The van der Waals surface area contributed by atoms with E-state index in [9.17, 15) is 0 Å². The minimum absolute atomic E-state index is 0.134. The van der Waals surface area contributed by atoms with Gasteiger partial charge in [0.25, 0.3) is 0 Å². The molecule has 19 heavy (non-hydrogen) atoms. The quantitative estimate of drug-likeness (QED) is 0.788. The summed E-state index contributed by atoms with van der Waals surface area (Å²) >= 11 is 0. The average Bonchev–Trinajstić information content (AvgIpc) is 2.77. The third kappa shape index (κ3) is 3.11. The summed E-state index contributed by atoms with van der Waals surface area (Å²) in [4.78, 5) is 4.93. The van der Waals surface area contributed by atoms with Crippen LogP contribution in [0.1, 0.15) is 19.3 Å². The lowest BCUT2D eigenvalue weighted by molar-refractivity contribution is -0.00461. The summed E-state index contributed by atoms with van der Waals surface area (Å²) in [5, 5.41) is 0. The van der Waals surface area contributed by atoms with E-state index in [0.717, 1.165) is 32.6 Å². The lowest BCUT2D eigenvalue weighted by Crippen LogP contribution is -2.54. The van der Waals surface area contributed by atoms with Crippen LogP contribution in [0.25, 0.3) is 0 Å². The van der Waals surface area contributed by atoms with Crippen molar-refractivity contribution in [3.8, 4) is 0 Å². The maximum atomic E-state index is 6.16. The molecule has 0 bridgehead atoms. The molecule has 0 saturated carbocycles. The first-order valence-electron chi connectivity index (χ1n) is 7.34. The van der Waals surface area contributed by atoms with Gasteiger partial charge in [-0.3, -0.25) is 4.90 Å². The van der Waals surface area contributed by atoms with E-state index in [1.165, 1.54) is 19.4 Å². The molecule has 2 aliphatic rings. The van der Waals surface area contributed by atoms with Gasteiger partial charge in [0.1, 0.15) is 0 Å². The number of likely N-dealkylation sites (tertiary alicyclic amines) is 2. The molecule has 5 nitrogen and oxygen atoms in total. The van der Waals surface area contributed by atoms with E-state index in [2.05, 4.69) is 16.8 Å². The van der Waals surface area contributed by atoms with Crippen LogP contribution in [-0.2, 0) is 9.47 Å². The van der Waals surface area contributed by atoms with Gasteiger partial charge in [-0.1, -0.05) is 0 Å². The van der Waals surface area contributed by atoms with Gasteiger partial charge in [-0.2, -0.15) is 0 Å². The number of methoxy groups -OCH3 is 2. The minimum atomic E-state index is 0.134. The fourth-order valence-corrected chi connectivity index (χ4v) is 3.55. The van der Waals surface area contributed by atoms with Crippen LogP contribution >= 0.6 is 0 Å². The first-order valence-corrected chi connectivity index (χ1v) is 7.34. The third-order valence-corrected chi connectivity index (χ3v) is 5.01. The standard InChI is InChI=1S/C14H29N3O2/c1-16-7-4-5-14(11-15,6-8-16)17-9-12(18-2)13(10-17)19-3/h12-13H,4-11,15H2,1-3H3. The minimum Gasteiger partial charge on any atom is -0.377 e. The summed E-state index contributed by atoms with van der Waals surface area (Å²) in [5.41, 5.74) is 6.30. The fourth-order valence-electron chi connectivity index (χ4n) is 3.55. The smallest absolute Gasteiger partial charge is 0.0972 e. The van der Waals surface area contributed by atoms with Crippen LogP contribution in [-0.4, -0.2) is 81.5 Å². The van der Waals surface area contributed by atoms with E-state index >= 15 is 0 Å². The van der Waals surface area contributed by atoms with Gasteiger partial charge in [0, 0.05) is 39.4 Å². The molecule has 2 fully saturated rings. The Morgan fingerprint density at radius 2 is 1.74 bits per heavy atom. The predicted molar refractivity (Wildman–Crippen MR) is 76.3 cm³/mol. The van der Waals surface area contributed by atoms with Gasteiger partial charge in [-0.25, -0.2) is 0 Å². The summed E-state index contributed by atoms with van der Waals surface area (Å²) in [6.07, 6.45) is 3.90. The van der Waals surface area contributed by atoms with Gasteiger partial charge in [0.15, 0.2) is 0 Å². The summed E-state index contributed by atoms with van der Waals surface area (Å²) in [6.45, 7) is 4.92. The van der Waals surface area contributed by atoms with E-state index < -0.39 is 0 Å². The van der Waals surface area contributed by atoms with E-state index in [1.54, 1.807) is 14.2 Å². The highest BCUT2D eigenvalue weighted by Crippen LogP contribution is 2.32. The van der Waals surface area contributed by atoms with Crippen LogP contribution in [0.2, 0.25) is 0 Å². The highest BCUT2D eigenvalue weighted by molar-refractivity contribution is 5.00. The van der Waals surface area contributed by atoms with Crippen LogP contribution < -0.4 is 5.73 Å². The van der Waals surface area contributed by atoms with Gasteiger partial charge in [-0.15, -0.1) is 0 Å². The van der Waals surface area contributed by atoms with E-state index in [-0.39, 0.29) is 17.7 Å². The van der Waals surface area contributed by atoms with Crippen LogP contribution in [0, 0.1) is 0 Å². The molecule has 0 aromatic heterocycles. The van der Waals surface area contributed by atoms with Crippen molar-refractivity contribution < 1.29 is 9.47 Å². The highest BCUT2D eigenvalue weighted by Gasteiger charge is 2.44. The average molecular weight is 271 g/mol. The second-order valence-electron chi connectivity index (χ2n) is 6.04. The second kappa shape index (κ2) is 6.50. The number of nitrogens with zero attached hydrogens (tertiary/aromatic N) is 2. The van der Waals surface area contributed by atoms with Crippen molar-refractivity contribution in [2.45, 2.75) is 37.0 Å². The molecule has 2 aliphatic heterocycles. The highest BCUT2D eigenvalue weighted by atomic mass is 16.5. The summed E-state index contributed by atoms with van der Waals surface area (Å²) in [7, 11) is 5.75. The largest absolute Gasteiger partial charge is 0.377 e. The molecular weight excluding hydrogens is 242 g/mol. The summed E-state index contributed by atoms with van der Waals surface area (Å²) in [6, 6.07) is 0. The zero-order valence-electron chi connectivity index (χ0n) is 12.6. The summed E-state index contributed by atoms with van der Waals surface area (Å²) in [5.74, 6) is 0. The van der Waals surface area contributed by atoms with E-state index in [0.29, 0.717) is 0 Å². The molecule has 3 unspecified atom stereocenters. The van der Waals surface area contributed by atoms with Gasteiger partial charge in [0.05, 0.1) is 12.2 Å². The maximum Gasteiger partial charge on any atom is 0.0972 e. The molecule has 5 heteroatoms. The molecule has 3 atom stereocenters. The second-order valence-corrected chi connectivity index (χ2v) is 6.04. The Kier molecular flexibility index (Phi) is 5.20. The molecular formula is C14H29N3O2. The molecule has 0 aliphatic carbocycles. The SMILES string of the molecule is COC1CN(C2(CN)CCCN(C)CC2)CC1OC. The van der Waals surface area contributed by atoms with Crippen LogP contribution in [0.5, 0.6) is 0 Å². The number of nitrogens with two attached hydrogens (primary N) is 1. The van der Waals surface area contributed by atoms with Gasteiger partial charge in [-0.05, 0) is 39.4 Å². The van der Waals surface area contributed by atoms with Crippen molar-refractivity contribution in [2.75, 3.05) is 54.0 Å². The van der Waals surface area contributed by atoms with Crippen molar-refractivity contribution in [2.24, 2.45) is 5.73 Å². The molecule has 2 rings (SSSR count). The third-order valence-electron chi connectivity index (χ3n) is 5.01. The molecule has 0 radical (unpaired) electrons. The number of rotatable bonds is 4. The maximum absolute atomic E-state index is 6.16. The summed E-state index contributed by atoms with van der Waals surface area (Å²) < 4.78 is 11.1. The molecule has 0 amide bonds. The van der Waals surface area contributed by atoms with Crippen molar-refractivity contribution in [1.29, 1.82) is 0 Å². The molecule has 2 heterocycles. The predicted octanol–water partition coefficient (Wildman–Crippen LogP) is 0.145. The molecule has 0 spiro atoms. The molecule has 0 aromatic carbocycles. The fraction of sp³-hybridized carbons (Fsp3) is 1.00. The van der Waals surface area contributed by atoms with Crippen LogP contribution in [0.15, 0.2) is 0 Å². The van der Waals surface area contributed by atoms with Crippen molar-refractivity contribution in [3.63, 3.8) is 0 Å². The van der Waals surface area contributed by atoms with Crippen molar-refractivity contribution in [3.05, 3.63) is 0 Å². The Bertz CT molecular complexity index is 278. The van der Waals surface area contributed by atoms with E-state index in [1.807, 2.05) is 0 Å². The number of ether oxygens (including phenoxy) is 2. The molecule has 0 aromatic rings. The van der Waals surface area contributed by atoms with E-state index in [4.69, 9.17) is 15.2 Å². The van der Waals surface area contributed by atoms with Crippen LogP contribution in [0.4, 0.5) is 0 Å². The Hall–Kier alpha value is -0.200. The monoisotopic (exact) mass is 271 g/mol. The molecule has 2 N–H and O–H groups in total. The Balaban J connectivity index is 2.08. The van der Waals surface area contributed by atoms with Gasteiger partial charge >= 0.3 is 0 Å². The number of hydrogen-bond donors (Lipinski definition) is 1. The van der Waals surface area contributed by atoms with Gasteiger partial charge in [0.2, 0.25) is 0 Å². The topological polar surface area (TPSA) is 51.0 Å². The molecule has 112 valence electrons.